The van der Waals surface area contributed by atoms with Crippen LogP contribution in [0.25, 0.3) is 0 Å². The predicted octanol–water partition coefficient (Wildman–Crippen LogP) is 4.54. The van der Waals surface area contributed by atoms with Crippen molar-refractivity contribution >= 4 is 44.6 Å². The van der Waals surface area contributed by atoms with Crippen LogP contribution in [0.15, 0.2) is 58.8 Å². The van der Waals surface area contributed by atoms with E-state index in [9.17, 15) is 17.6 Å². The maximum Gasteiger partial charge on any atom is 0.267 e. The van der Waals surface area contributed by atoms with Crippen molar-refractivity contribution in [2.75, 3.05) is 11.9 Å². The number of benzene rings is 2. The summed E-state index contributed by atoms with van der Waals surface area (Å²) in [7, 11) is -3.88. The number of carbonyl (C=O) groups excluding carboxylic acids is 1. The van der Waals surface area contributed by atoms with E-state index >= 15 is 0 Å². The molecule has 0 unspecified atom stereocenters. The van der Waals surface area contributed by atoms with Gasteiger partial charge in [-0.2, -0.15) is 4.31 Å². The average molecular weight is 451 g/mol. The SMILES string of the molecule is O=C(Nc1ccc(Cl)cc1F)c1sccc1S(=O)(=O)N1CCc2ccccc2C1. The number of anilines is 1. The third kappa shape index (κ3) is 3.93. The first-order valence-electron chi connectivity index (χ1n) is 8.77. The third-order valence-corrected chi connectivity index (χ3v) is 7.89. The summed E-state index contributed by atoms with van der Waals surface area (Å²) in [5.74, 6) is -1.38. The number of fused-ring (bicyclic) bond motifs is 1. The number of rotatable bonds is 4. The molecule has 29 heavy (non-hydrogen) atoms. The lowest BCUT2D eigenvalue weighted by atomic mass is 10.0. The zero-order valence-corrected chi connectivity index (χ0v) is 17.5. The van der Waals surface area contributed by atoms with Gasteiger partial charge < -0.3 is 5.32 Å². The highest BCUT2D eigenvalue weighted by atomic mass is 35.5. The second kappa shape index (κ2) is 7.87. The molecule has 0 bridgehead atoms. The minimum Gasteiger partial charge on any atom is -0.319 e. The van der Waals surface area contributed by atoms with Crippen LogP contribution < -0.4 is 5.32 Å². The van der Waals surface area contributed by atoms with Crippen LogP contribution in [0, 0.1) is 5.82 Å². The Balaban J connectivity index is 1.60. The predicted molar refractivity (Wildman–Crippen MR) is 111 cm³/mol. The Morgan fingerprint density at radius 1 is 1.14 bits per heavy atom. The lowest BCUT2D eigenvalue weighted by molar-refractivity contribution is 0.102. The van der Waals surface area contributed by atoms with Crippen molar-refractivity contribution in [2.45, 2.75) is 17.9 Å². The molecule has 1 aliphatic rings. The summed E-state index contributed by atoms with van der Waals surface area (Å²) in [5.41, 5.74) is 2.01. The second-order valence-corrected chi connectivity index (χ2v) is 9.81. The molecular formula is C20H16ClFN2O3S2. The number of hydrogen-bond acceptors (Lipinski definition) is 4. The van der Waals surface area contributed by atoms with Crippen molar-refractivity contribution in [1.29, 1.82) is 0 Å². The van der Waals surface area contributed by atoms with Gasteiger partial charge in [0.15, 0.2) is 0 Å². The minimum absolute atomic E-state index is 0.0122. The standard InChI is InChI=1S/C20H16ClFN2O3S2/c21-15-5-6-17(16(22)11-15)23-20(25)19-18(8-10-28-19)29(26,27)24-9-7-13-3-1-2-4-14(13)12-24/h1-6,8,10-11H,7,9,12H2,(H,23,25). The molecule has 1 aliphatic heterocycles. The van der Waals surface area contributed by atoms with Gasteiger partial charge in [0.05, 0.1) is 5.69 Å². The number of carbonyl (C=O) groups is 1. The molecule has 2 aromatic carbocycles. The van der Waals surface area contributed by atoms with Crippen LogP contribution >= 0.6 is 22.9 Å². The van der Waals surface area contributed by atoms with E-state index in [1.54, 1.807) is 0 Å². The number of nitrogens with one attached hydrogen (secondary N) is 1. The molecule has 4 rings (SSSR count). The molecule has 1 amide bonds. The van der Waals surface area contributed by atoms with Gasteiger partial charge in [0.2, 0.25) is 10.0 Å². The number of halogens is 2. The van der Waals surface area contributed by atoms with Gasteiger partial charge in [-0.25, -0.2) is 12.8 Å². The summed E-state index contributed by atoms with van der Waals surface area (Å²) < 4.78 is 41.8. The normalized spacial score (nSPS) is 14.4. The van der Waals surface area contributed by atoms with E-state index in [1.165, 1.54) is 27.9 Å². The van der Waals surface area contributed by atoms with Crippen molar-refractivity contribution < 1.29 is 17.6 Å². The van der Waals surface area contributed by atoms with Gasteiger partial charge in [-0.1, -0.05) is 35.9 Å². The van der Waals surface area contributed by atoms with Crippen LogP contribution in [0.1, 0.15) is 20.8 Å². The molecule has 0 radical (unpaired) electrons. The molecule has 0 saturated heterocycles. The Labute approximate surface area is 176 Å². The van der Waals surface area contributed by atoms with Crippen molar-refractivity contribution in [3.8, 4) is 0 Å². The molecule has 0 spiro atoms. The van der Waals surface area contributed by atoms with Crippen LogP contribution in [-0.4, -0.2) is 25.2 Å². The Kier molecular flexibility index (Phi) is 5.44. The van der Waals surface area contributed by atoms with E-state index in [2.05, 4.69) is 5.32 Å². The molecule has 5 nitrogen and oxygen atoms in total. The molecule has 2 heterocycles. The van der Waals surface area contributed by atoms with Crippen molar-refractivity contribution in [3.63, 3.8) is 0 Å². The second-order valence-electron chi connectivity index (χ2n) is 6.55. The smallest absolute Gasteiger partial charge is 0.267 e. The number of hydrogen-bond donors (Lipinski definition) is 1. The molecule has 9 heteroatoms. The molecule has 1 N–H and O–H groups in total. The monoisotopic (exact) mass is 450 g/mol. The summed E-state index contributed by atoms with van der Waals surface area (Å²) in [6.07, 6.45) is 0.608. The first kappa shape index (κ1) is 20.0. The first-order chi connectivity index (χ1) is 13.9. The van der Waals surface area contributed by atoms with E-state index < -0.39 is 21.7 Å². The van der Waals surface area contributed by atoms with Gasteiger partial charge in [-0.3, -0.25) is 4.79 Å². The van der Waals surface area contributed by atoms with E-state index in [0.717, 1.165) is 28.5 Å². The fourth-order valence-corrected chi connectivity index (χ4v) is 6.12. The van der Waals surface area contributed by atoms with Gasteiger partial charge in [0.1, 0.15) is 15.6 Å². The molecule has 0 fully saturated rings. The van der Waals surface area contributed by atoms with Gasteiger partial charge in [0, 0.05) is 18.1 Å². The molecule has 0 atom stereocenters. The lowest BCUT2D eigenvalue weighted by Gasteiger charge is -2.28. The number of thiophene rings is 1. The van der Waals surface area contributed by atoms with E-state index in [1.807, 2.05) is 24.3 Å². The maximum absolute atomic E-state index is 14.0. The lowest BCUT2D eigenvalue weighted by Crippen LogP contribution is -2.36. The van der Waals surface area contributed by atoms with Gasteiger partial charge >= 0.3 is 0 Å². The van der Waals surface area contributed by atoms with Crippen LogP contribution in [-0.2, 0) is 23.0 Å². The Bertz CT molecular complexity index is 1190. The van der Waals surface area contributed by atoms with Crippen LogP contribution in [0.4, 0.5) is 10.1 Å². The molecule has 3 aromatic rings. The highest BCUT2D eigenvalue weighted by Crippen LogP contribution is 2.30. The Hall–Kier alpha value is -2.26. The van der Waals surface area contributed by atoms with Crippen LogP contribution in [0.3, 0.4) is 0 Å². The van der Waals surface area contributed by atoms with Gasteiger partial charge in [-0.05, 0) is 47.2 Å². The summed E-state index contributed by atoms with van der Waals surface area (Å²) >= 11 is 6.72. The average Bonchev–Trinajstić information content (AvgIpc) is 3.20. The van der Waals surface area contributed by atoms with Crippen LogP contribution in [0.2, 0.25) is 5.02 Å². The molecule has 150 valence electrons. The van der Waals surface area contributed by atoms with E-state index in [0.29, 0.717) is 13.0 Å². The maximum atomic E-state index is 14.0. The molecule has 0 saturated carbocycles. The minimum atomic E-state index is -3.88. The fraction of sp³-hybridized carbons (Fsp3) is 0.150. The third-order valence-electron chi connectivity index (χ3n) is 4.73. The number of amides is 1. The van der Waals surface area contributed by atoms with Gasteiger partial charge in [-0.15, -0.1) is 11.3 Å². The number of sulfonamides is 1. The first-order valence-corrected chi connectivity index (χ1v) is 11.5. The molecule has 1 aromatic heterocycles. The van der Waals surface area contributed by atoms with E-state index in [-0.39, 0.29) is 27.0 Å². The quantitative estimate of drug-likeness (QED) is 0.634. The van der Waals surface area contributed by atoms with Crippen molar-refractivity contribution in [1.82, 2.24) is 4.31 Å². The largest absolute Gasteiger partial charge is 0.319 e. The summed E-state index contributed by atoms with van der Waals surface area (Å²) in [6.45, 7) is 0.587. The zero-order valence-electron chi connectivity index (χ0n) is 15.1. The summed E-state index contributed by atoms with van der Waals surface area (Å²) in [6, 6.07) is 13.0. The molecule has 0 aliphatic carbocycles. The fourth-order valence-electron chi connectivity index (χ4n) is 3.25. The van der Waals surface area contributed by atoms with E-state index in [4.69, 9.17) is 11.6 Å². The van der Waals surface area contributed by atoms with Gasteiger partial charge in [0.25, 0.3) is 5.91 Å². The zero-order chi connectivity index (χ0) is 20.6. The highest BCUT2D eigenvalue weighted by Gasteiger charge is 2.32. The number of nitrogens with zero attached hydrogens (tertiary/aromatic N) is 1. The van der Waals surface area contributed by atoms with Crippen LogP contribution in [0.5, 0.6) is 0 Å². The molecular weight excluding hydrogens is 435 g/mol. The van der Waals surface area contributed by atoms with Crippen molar-refractivity contribution in [2.24, 2.45) is 0 Å². The highest BCUT2D eigenvalue weighted by molar-refractivity contribution is 7.89. The summed E-state index contributed by atoms with van der Waals surface area (Å²) in [5, 5.41) is 4.16. The topological polar surface area (TPSA) is 66.5 Å². The Morgan fingerprint density at radius 2 is 1.90 bits per heavy atom. The van der Waals surface area contributed by atoms with Crippen molar-refractivity contribution in [3.05, 3.63) is 80.8 Å². The summed E-state index contributed by atoms with van der Waals surface area (Å²) in [4.78, 5) is 12.6. The Morgan fingerprint density at radius 3 is 2.66 bits per heavy atom.